The van der Waals surface area contributed by atoms with Gasteiger partial charge in [-0.05, 0) is 0 Å². The van der Waals surface area contributed by atoms with Gasteiger partial charge < -0.3 is 53.8 Å². The maximum atomic E-state index is 15.2. The molecule has 306 valence electrons. The number of esters is 5. The van der Waals surface area contributed by atoms with E-state index in [0.717, 1.165) is 51.8 Å². The molecule has 5 N–H and O–H groups in total. The first-order valence-corrected chi connectivity index (χ1v) is 18.7. The molecule has 55 heavy (non-hydrogen) atoms. The molecule has 2 saturated heterocycles. The van der Waals surface area contributed by atoms with Crippen molar-refractivity contribution in [2.24, 2.45) is 0 Å². The van der Waals surface area contributed by atoms with E-state index < -0.39 is 120 Å². The topological polar surface area (TPSA) is 342 Å². The number of halogens is 1. The molecule has 0 amide bonds. The van der Waals surface area contributed by atoms with Crippen molar-refractivity contribution in [3.63, 3.8) is 0 Å². The minimum absolute atomic E-state index is 0.0170. The van der Waals surface area contributed by atoms with Crippen LogP contribution in [0.1, 0.15) is 40.8 Å². The van der Waals surface area contributed by atoms with Gasteiger partial charge >= 0.3 is 45.5 Å². The summed E-state index contributed by atoms with van der Waals surface area (Å²) in [6.07, 6.45) is -17.4. The fourth-order valence-corrected chi connectivity index (χ4v) is 7.54. The lowest BCUT2D eigenvalue weighted by Gasteiger charge is -2.45. The zero-order chi connectivity index (χ0) is 41.0. The number of alkyl halides is 1. The minimum Gasteiger partial charge on any atom is -0.462 e. The Labute approximate surface area is 308 Å². The van der Waals surface area contributed by atoms with Crippen molar-refractivity contribution in [1.29, 1.82) is 0 Å². The fraction of sp³-hybridized carbons (Fsp3) is 0.630. The summed E-state index contributed by atoms with van der Waals surface area (Å²) in [5.41, 5.74) is 5.84. The molecule has 2 fully saturated rings. The SMILES string of the molecule is CC(=O)OCC(OC(C)=O)[C@H]1O[C@@H](OP(=O)(O)OP(=O)(O)OC[C@H]2O[C@@H](n3cnc4c(N)ncnc43)[C@H](F)[C@@H]2O)[C@@H](OC(C)=O)[C@@H](OC(C)=O)[C@@H]1OC(C)=O. The Morgan fingerprint density at radius 2 is 1.51 bits per heavy atom. The van der Waals surface area contributed by atoms with Crippen molar-refractivity contribution in [1.82, 2.24) is 19.5 Å². The number of hydrogen-bond donors (Lipinski definition) is 4. The average Bonchev–Trinajstić information content (AvgIpc) is 3.60. The molecule has 2 aromatic rings. The van der Waals surface area contributed by atoms with Gasteiger partial charge in [-0.3, -0.25) is 37.6 Å². The number of aliphatic hydroxyl groups is 1. The van der Waals surface area contributed by atoms with Crippen LogP contribution in [0.15, 0.2) is 12.7 Å². The summed E-state index contributed by atoms with van der Waals surface area (Å²) < 4.78 is 93.1. The number of nitrogens with zero attached hydrogens (tertiary/aromatic N) is 4. The van der Waals surface area contributed by atoms with Gasteiger partial charge in [-0.1, -0.05) is 0 Å². The Morgan fingerprint density at radius 1 is 0.891 bits per heavy atom. The van der Waals surface area contributed by atoms with Gasteiger partial charge in [0.15, 0.2) is 48.3 Å². The van der Waals surface area contributed by atoms with Gasteiger partial charge in [-0.2, -0.15) is 4.31 Å². The standard InChI is InChI=1S/C27H36FN5O20P2/c1-10(34)44-6-16(46-11(2)35)20-21(47-12(3)36)22(48-13(4)37)23(49-14(5)38)27(51-20)52-55(42,43)53-54(40,41)45-7-15-19(39)17(28)26(50-15)33-9-32-18-24(29)30-8-31-25(18)33/h8-9,15-17,19-23,26-27,39H,6-7H2,1-5H3,(H,40,41)(H,42,43)(H2,29,30,31)/t15-,16?,17-,19-,20-,21-,22+,23+,26-,27+/m1/s1. The molecule has 4 rings (SSSR count). The van der Waals surface area contributed by atoms with Crippen molar-refractivity contribution in [2.75, 3.05) is 18.9 Å². The number of carbonyl (C=O) groups excluding carboxylic acids is 5. The molecule has 12 atom stereocenters. The highest BCUT2D eigenvalue weighted by Gasteiger charge is 2.57. The van der Waals surface area contributed by atoms with Crippen LogP contribution in [0.3, 0.4) is 0 Å². The molecule has 28 heteroatoms. The van der Waals surface area contributed by atoms with Crippen LogP contribution in [0.5, 0.6) is 0 Å². The van der Waals surface area contributed by atoms with E-state index in [2.05, 4.69) is 19.3 Å². The van der Waals surface area contributed by atoms with Gasteiger partial charge in [-0.15, -0.1) is 0 Å². The number of imidazole rings is 1. The second kappa shape index (κ2) is 17.7. The number of rotatable bonds is 15. The van der Waals surface area contributed by atoms with Gasteiger partial charge in [0.2, 0.25) is 6.29 Å². The highest BCUT2D eigenvalue weighted by Crippen LogP contribution is 2.62. The van der Waals surface area contributed by atoms with Gasteiger partial charge in [0, 0.05) is 34.6 Å². The fourth-order valence-electron chi connectivity index (χ4n) is 5.39. The molecular weight excluding hydrogens is 795 g/mol. The molecule has 2 aromatic heterocycles. The Kier molecular flexibility index (Phi) is 14.0. The van der Waals surface area contributed by atoms with Crippen LogP contribution in [-0.2, 0) is 79.6 Å². The third-order valence-electron chi connectivity index (χ3n) is 7.37. The second-order valence-electron chi connectivity index (χ2n) is 11.6. The van der Waals surface area contributed by atoms with Gasteiger partial charge in [0.25, 0.3) is 0 Å². The van der Waals surface area contributed by atoms with Crippen molar-refractivity contribution in [3.05, 3.63) is 12.7 Å². The number of aromatic nitrogens is 4. The molecule has 0 aliphatic carbocycles. The Morgan fingerprint density at radius 3 is 2.11 bits per heavy atom. The van der Waals surface area contributed by atoms with Crippen LogP contribution in [0.2, 0.25) is 0 Å². The summed E-state index contributed by atoms with van der Waals surface area (Å²) in [5.74, 6) is -5.27. The lowest BCUT2D eigenvalue weighted by molar-refractivity contribution is -0.301. The van der Waals surface area contributed by atoms with Crippen molar-refractivity contribution in [2.45, 2.75) is 96.0 Å². The first kappa shape index (κ1) is 43.5. The molecule has 4 heterocycles. The number of phosphoric acid groups is 2. The molecule has 3 unspecified atom stereocenters. The lowest BCUT2D eigenvalue weighted by atomic mass is 9.94. The van der Waals surface area contributed by atoms with E-state index in [-0.39, 0.29) is 17.0 Å². The molecule has 0 aromatic carbocycles. The predicted molar refractivity (Wildman–Crippen MR) is 170 cm³/mol. The Balaban J connectivity index is 1.57. The monoisotopic (exact) mass is 831 g/mol. The largest absolute Gasteiger partial charge is 0.483 e. The number of carbonyl (C=O) groups is 5. The summed E-state index contributed by atoms with van der Waals surface area (Å²) in [5, 5.41) is 10.5. The van der Waals surface area contributed by atoms with E-state index in [4.69, 9.17) is 47.9 Å². The number of anilines is 1. The zero-order valence-electron chi connectivity index (χ0n) is 29.3. The summed E-state index contributed by atoms with van der Waals surface area (Å²) >= 11 is 0. The predicted octanol–water partition coefficient (Wildman–Crippen LogP) is -0.730. The first-order chi connectivity index (χ1) is 25.6. The molecule has 2 aliphatic heterocycles. The molecule has 0 radical (unpaired) electrons. The number of fused-ring (bicyclic) bond motifs is 1. The number of aliphatic hydroxyl groups excluding tert-OH is 1. The van der Waals surface area contributed by atoms with Crippen molar-refractivity contribution >= 4 is 62.5 Å². The van der Waals surface area contributed by atoms with Crippen LogP contribution >= 0.6 is 15.6 Å². The van der Waals surface area contributed by atoms with Gasteiger partial charge in [0.1, 0.15) is 36.8 Å². The molecule has 0 bridgehead atoms. The quantitative estimate of drug-likeness (QED) is 0.0976. The normalized spacial score (nSPS) is 29.3. The van der Waals surface area contributed by atoms with Crippen LogP contribution in [0, 0.1) is 0 Å². The molecule has 0 saturated carbocycles. The number of hydrogen-bond acceptors (Lipinski definition) is 22. The maximum Gasteiger partial charge on any atom is 0.483 e. The third kappa shape index (κ3) is 11.2. The molecule has 2 aliphatic rings. The van der Waals surface area contributed by atoms with Crippen LogP contribution in [0.25, 0.3) is 11.2 Å². The number of nitrogens with two attached hydrogens (primary N) is 1. The molecule has 0 spiro atoms. The van der Waals surface area contributed by atoms with Crippen molar-refractivity contribution < 1.29 is 98.9 Å². The summed E-state index contributed by atoms with van der Waals surface area (Å²) in [6, 6.07) is 0. The highest BCUT2D eigenvalue weighted by atomic mass is 31.3. The maximum absolute atomic E-state index is 15.2. The van der Waals surface area contributed by atoms with E-state index in [1.165, 1.54) is 0 Å². The summed E-state index contributed by atoms with van der Waals surface area (Å²) in [6.45, 7) is 2.58. The average molecular weight is 832 g/mol. The Hall–Kier alpha value is -4.23. The number of ether oxygens (including phenoxy) is 7. The van der Waals surface area contributed by atoms with Crippen LogP contribution in [-0.4, -0.2) is 133 Å². The lowest BCUT2D eigenvalue weighted by Crippen LogP contribution is -2.65. The first-order valence-electron chi connectivity index (χ1n) is 15.7. The van der Waals surface area contributed by atoms with Crippen molar-refractivity contribution in [3.8, 4) is 0 Å². The second-order valence-corrected chi connectivity index (χ2v) is 14.6. The van der Waals surface area contributed by atoms with E-state index >= 15 is 4.39 Å². The third-order valence-corrected chi connectivity index (χ3v) is 9.97. The van der Waals surface area contributed by atoms with E-state index in [9.17, 15) is 48.0 Å². The van der Waals surface area contributed by atoms with Crippen LogP contribution < -0.4 is 5.73 Å². The van der Waals surface area contributed by atoms with Crippen LogP contribution in [0.4, 0.5) is 10.2 Å². The molecular formula is C27H36FN5O20P2. The van der Waals surface area contributed by atoms with Gasteiger partial charge in [-0.25, -0.2) is 28.5 Å². The summed E-state index contributed by atoms with van der Waals surface area (Å²) in [7, 11) is -11.7. The van der Waals surface area contributed by atoms with E-state index in [1.54, 1.807) is 0 Å². The van der Waals surface area contributed by atoms with Gasteiger partial charge in [0.05, 0.1) is 12.9 Å². The minimum atomic E-state index is -5.97. The Bertz CT molecular complexity index is 1870. The highest BCUT2D eigenvalue weighted by molar-refractivity contribution is 7.61. The smallest absolute Gasteiger partial charge is 0.462 e. The van der Waals surface area contributed by atoms with E-state index in [0.29, 0.717) is 0 Å². The number of nitrogen functional groups attached to an aromatic ring is 1. The molecule has 25 nitrogen and oxygen atoms in total. The van der Waals surface area contributed by atoms with E-state index in [1.807, 2.05) is 0 Å². The number of phosphoric ester groups is 2. The zero-order valence-corrected chi connectivity index (χ0v) is 31.1. The summed E-state index contributed by atoms with van der Waals surface area (Å²) in [4.78, 5) is 92.7.